The molecular weight excluding hydrogens is 381 g/mol. The first kappa shape index (κ1) is 19.8. The molecule has 0 bridgehead atoms. The zero-order valence-corrected chi connectivity index (χ0v) is 16.7. The van der Waals surface area contributed by atoms with Crippen molar-refractivity contribution in [2.45, 2.75) is 6.92 Å². The van der Waals surface area contributed by atoms with Crippen LogP contribution in [0.25, 0.3) is 17.0 Å². The van der Waals surface area contributed by atoms with Crippen molar-refractivity contribution in [1.82, 2.24) is 9.88 Å². The molecule has 1 aromatic heterocycles. The molecule has 0 aliphatic carbocycles. The standard InChI is InChI=1S/C24H22FN3O2/c1-17(29)20-7-9-22(21(25)16-20)27-12-14-28(15-13-27)23(30)10-8-19-5-2-4-18-6-3-11-26-24(18)19/h2-11,16H,12-15H2,1H3/b10-8+. The Kier molecular flexibility index (Phi) is 5.57. The largest absolute Gasteiger partial charge is 0.366 e. The van der Waals surface area contributed by atoms with Crippen molar-refractivity contribution in [2.75, 3.05) is 31.1 Å². The van der Waals surface area contributed by atoms with Gasteiger partial charge in [-0.25, -0.2) is 4.39 Å². The molecule has 1 fully saturated rings. The number of hydrogen-bond acceptors (Lipinski definition) is 4. The molecule has 1 amide bonds. The number of para-hydroxylation sites is 1. The zero-order chi connectivity index (χ0) is 21.1. The highest BCUT2D eigenvalue weighted by atomic mass is 19.1. The Morgan fingerprint density at radius 3 is 2.53 bits per heavy atom. The number of pyridine rings is 1. The molecule has 0 saturated carbocycles. The van der Waals surface area contributed by atoms with Crippen LogP contribution < -0.4 is 4.90 Å². The molecule has 0 N–H and O–H groups in total. The highest BCUT2D eigenvalue weighted by molar-refractivity contribution is 5.96. The van der Waals surface area contributed by atoms with E-state index in [2.05, 4.69) is 4.98 Å². The van der Waals surface area contributed by atoms with E-state index < -0.39 is 5.82 Å². The van der Waals surface area contributed by atoms with E-state index in [0.717, 1.165) is 16.5 Å². The third kappa shape index (κ3) is 4.08. The van der Waals surface area contributed by atoms with Crippen LogP contribution >= 0.6 is 0 Å². The number of piperazine rings is 1. The second-order valence-corrected chi connectivity index (χ2v) is 7.29. The van der Waals surface area contributed by atoms with Crippen LogP contribution in [0.5, 0.6) is 0 Å². The quantitative estimate of drug-likeness (QED) is 0.489. The predicted octanol–water partition coefficient (Wildman–Crippen LogP) is 3.94. The van der Waals surface area contributed by atoms with Gasteiger partial charge in [-0.2, -0.15) is 0 Å². The summed E-state index contributed by atoms with van der Waals surface area (Å²) in [6, 6.07) is 14.3. The number of aromatic nitrogens is 1. The highest BCUT2D eigenvalue weighted by Gasteiger charge is 2.22. The van der Waals surface area contributed by atoms with Crippen molar-refractivity contribution in [3.8, 4) is 0 Å². The van der Waals surface area contributed by atoms with Gasteiger partial charge in [-0.05, 0) is 37.3 Å². The van der Waals surface area contributed by atoms with E-state index in [0.29, 0.717) is 37.4 Å². The normalized spacial score (nSPS) is 14.5. The minimum Gasteiger partial charge on any atom is -0.366 e. The molecule has 152 valence electrons. The van der Waals surface area contributed by atoms with Gasteiger partial charge in [0.1, 0.15) is 5.82 Å². The van der Waals surface area contributed by atoms with Crippen LogP contribution in [0.4, 0.5) is 10.1 Å². The minimum absolute atomic E-state index is 0.0741. The van der Waals surface area contributed by atoms with Gasteiger partial charge in [-0.15, -0.1) is 0 Å². The van der Waals surface area contributed by atoms with Crippen LogP contribution in [0.1, 0.15) is 22.8 Å². The van der Waals surface area contributed by atoms with Crippen molar-refractivity contribution in [2.24, 2.45) is 0 Å². The molecule has 3 aromatic rings. The highest BCUT2D eigenvalue weighted by Crippen LogP contribution is 2.23. The number of amides is 1. The Labute approximate surface area is 174 Å². The molecular formula is C24H22FN3O2. The van der Waals surface area contributed by atoms with Gasteiger partial charge in [0.05, 0.1) is 11.2 Å². The Hall–Kier alpha value is -3.54. The third-order valence-corrected chi connectivity index (χ3v) is 5.36. The maximum absolute atomic E-state index is 14.4. The van der Waals surface area contributed by atoms with E-state index in [1.807, 2.05) is 35.2 Å². The Morgan fingerprint density at radius 2 is 1.80 bits per heavy atom. The average Bonchev–Trinajstić information content (AvgIpc) is 2.77. The Bertz CT molecular complexity index is 1130. The number of carbonyl (C=O) groups is 2. The van der Waals surface area contributed by atoms with Crippen molar-refractivity contribution in [1.29, 1.82) is 0 Å². The van der Waals surface area contributed by atoms with Crippen molar-refractivity contribution in [3.05, 3.63) is 77.7 Å². The van der Waals surface area contributed by atoms with Gasteiger partial charge < -0.3 is 9.80 Å². The van der Waals surface area contributed by atoms with Gasteiger partial charge in [0.15, 0.2) is 5.78 Å². The maximum atomic E-state index is 14.4. The minimum atomic E-state index is -0.411. The fourth-order valence-corrected chi connectivity index (χ4v) is 3.68. The lowest BCUT2D eigenvalue weighted by Crippen LogP contribution is -2.48. The van der Waals surface area contributed by atoms with E-state index in [4.69, 9.17) is 0 Å². The summed E-state index contributed by atoms with van der Waals surface area (Å²) < 4.78 is 14.4. The molecule has 0 unspecified atom stereocenters. The van der Waals surface area contributed by atoms with E-state index >= 15 is 0 Å². The Morgan fingerprint density at radius 1 is 1.03 bits per heavy atom. The molecule has 4 rings (SSSR count). The smallest absolute Gasteiger partial charge is 0.246 e. The number of anilines is 1. The van der Waals surface area contributed by atoms with Crippen molar-refractivity contribution >= 4 is 34.4 Å². The number of ketones is 1. The topological polar surface area (TPSA) is 53.5 Å². The fourth-order valence-electron chi connectivity index (χ4n) is 3.68. The van der Waals surface area contributed by atoms with Gasteiger partial charge >= 0.3 is 0 Å². The van der Waals surface area contributed by atoms with Gasteiger partial charge in [0, 0.05) is 55.0 Å². The summed E-state index contributed by atoms with van der Waals surface area (Å²) in [5, 5.41) is 1.03. The summed E-state index contributed by atoms with van der Waals surface area (Å²) in [4.78, 5) is 32.1. The van der Waals surface area contributed by atoms with Crippen LogP contribution in [0, 0.1) is 5.82 Å². The average molecular weight is 403 g/mol. The molecule has 0 radical (unpaired) electrons. The van der Waals surface area contributed by atoms with Crippen molar-refractivity contribution in [3.63, 3.8) is 0 Å². The van der Waals surface area contributed by atoms with Crippen LogP contribution in [-0.2, 0) is 4.79 Å². The number of nitrogens with zero attached hydrogens (tertiary/aromatic N) is 3. The van der Waals surface area contributed by atoms with Gasteiger partial charge in [-0.3, -0.25) is 14.6 Å². The lowest BCUT2D eigenvalue weighted by molar-refractivity contribution is -0.126. The zero-order valence-electron chi connectivity index (χ0n) is 16.7. The molecule has 0 atom stereocenters. The first-order valence-corrected chi connectivity index (χ1v) is 9.89. The number of carbonyl (C=O) groups excluding carboxylic acids is 2. The number of rotatable bonds is 4. The molecule has 6 heteroatoms. The molecule has 1 saturated heterocycles. The monoisotopic (exact) mass is 403 g/mol. The number of benzene rings is 2. The number of Topliss-reactive ketones (excluding diaryl/α,β-unsaturated/α-hetero) is 1. The number of fused-ring (bicyclic) bond motifs is 1. The van der Waals surface area contributed by atoms with Gasteiger partial charge in [0.2, 0.25) is 5.91 Å². The van der Waals surface area contributed by atoms with Crippen LogP contribution in [0.15, 0.2) is 60.8 Å². The summed E-state index contributed by atoms with van der Waals surface area (Å²) in [6.45, 7) is 3.49. The molecule has 5 nitrogen and oxygen atoms in total. The molecule has 1 aliphatic heterocycles. The fraction of sp³-hybridized carbons (Fsp3) is 0.208. The summed E-state index contributed by atoms with van der Waals surface area (Å²) in [7, 11) is 0. The number of hydrogen-bond donors (Lipinski definition) is 0. The van der Waals surface area contributed by atoms with E-state index in [1.165, 1.54) is 13.0 Å². The molecule has 2 heterocycles. The Balaban J connectivity index is 1.41. The lowest BCUT2D eigenvalue weighted by atomic mass is 10.1. The maximum Gasteiger partial charge on any atom is 0.246 e. The van der Waals surface area contributed by atoms with E-state index in [9.17, 15) is 14.0 Å². The van der Waals surface area contributed by atoms with E-state index in [-0.39, 0.29) is 11.7 Å². The number of halogens is 1. The van der Waals surface area contributed by atoms with Crippen LogP contribution in [-0.4, -0.2) is 47.8 Å². The molecule has 0 spiro atoms. The predicted molar refractivity (Wildman–Crippen MR) is 116 cm³/mol. The second-order valence-electron chi connectivity index (χ2n) is 7.29. The molecule has 2 aromatic carbocycles. The van der Waals surface area contributed by atoms with Crippen LogP contribution in [0.3, 0.4) is 0 Å². The third-order valence-electron chi connectivity index (χ3n) is 5.36. The summed E-state index contributed by atoms with van der Waals surface area (Å²) in [5.41, 5.74) is 2.58. The SMILES string of the molecule is CC(=O)c1ccc(N2CCN(C(=O)/C=C/c3cccc4cccnc34)CC2)c(F)c1. The lowest BCUT2D eigenvalue weighted by Gasteiger charge is -2.35. The first-order chi connectivity index (χ1) is 14.5. The summed E-state index contributed by atoms with van der Waals surface area (Å²) in [5.74, 6) is -0.648. The van der Waals surface area contributed by atoms with E-state index in [1.54, 1.807) is 35.4 Å². The van der Waals surface area contributed by atoms with Crippen molar-refractivity contribution < 1.29 is 14.0 Å². The van der Waals surface area contributed by atoms with Gasteiger partial charge in [0.25, 0.3) is 0 Å². The summed E-state index contributed by atoms with van der Waals surface area (Å²) >= 11 is 0. The van der Waals surface area contributed by atoms with Crippen LogP contribution in [0.2, 0.25) is 0 Å². The van der Waals surface area contributed by atoms with Gasteiger partial charge in [-0.1, -0.05) is 24.3 Å². The second kappa shape index (κ2) is 8.45. The molecule has 30 heavy (non-hydrogen) atoms. The molecule has 1 aliphatic rings. The summed E-state index contributed by atoms with van der Waals surface area (Å²) in [6.07, 6.45) is 5.11. The first-order valence-electron chi connectivity index (χ1n) is 9.89.